The van der Waals surface area contributed by atoms with Gasteiger partial charge in [0.25, 0.3) is 0 Å². The lowest BCUT2D eigenvalue weighted by atomic mass is 9.98. The molecule has 0 N–H and O–H groups in total. The summed E-state index contributed by atoms with van der Waals surface area (Å²) in [5, 5.41) is 8.13. The monoisotopic (exact) mass is 474 g/mol. The summed E-state index contributed by atoms with van der Waals surface area (Å²) in [7, 11) is 0. The highest BCUT2D eigenvalue weighted by Gasteiger charge is 2.25. The summed E-state index contributed by atoms with van der Waals surface area (Å²) < 4.78 is 5.07. The van der Waals surface area contributed by atoms with Crippen molar-refractivity contribution in [1.29, 1.82) is 0 Å². The maximum atomic E-state index is 5.17. The smallest absolute Gasteiger partial charge is 0.138 e. The van der Waals surface area contributed by atoms with E-state index in [1.165, 1.54) is 63.9 Å². The molecule has 0 aliphatic heterocycles. The first kappa shape index (κ1) is 18.8. The summed E-state index contributed by atoms with van der Waals surface area (Å²) >= 11 is 1.90. The first-order chi connectivity index (χ1) is 17.9. The van der Waals surface area contributed by atoms with Crippen molar-refractivity contribution in [2.24, 2.45) is 0 Å². The van der Waals surface area contributed by atoms with Crippen molar-refractivity contribution in [1.82, 2.24) is 9.55 Å². The number of pyridine rings is 1. The number of thiophene rings is 1. The lowest BCUT2D eigenvalue weighted by Gasteiger charge is -2.11. The van der Waals surface area contributed by atoms with Crippen LogP contribution in [0.4, 0.5) is 0 Å². The number of benzene rings is 5. The van der Waals surface area contributed by atoms with Gasteiger partial charge in [-0.3, -0.25) is 4.57 Å². The van der Waals surface area contributed by atoms with Gasteiger partial charge in [0.05, 0.1) is 16.7 Å². The molecule has 8 aromatic rings. The Bertz CT molecular complexity index is 2200. The molecular formula is C33H18N2S. The summed E-state index contributed by atoms with van der Waals surface area (Å²) in [5.41, 5.74) is 7.17. The van der Waals surface area contributed by atoms with Crippen LogP contribution in [0.2, 0.25) is 0 Å². The van der Waals surface area contributed by atoms with Gasteiger partial charge in [0.2, 0.25) is 0 Å². The predicted molar refractivity (Wildman–Crippen MR) is 153 cm³/mol. The molecule has 0 amide bonds. The molecule has 3 aromatic heterocycles. The first-order valence-electron chi connectivity index (χ1n) is 12.2. The van der Waals surface area contributed by atoms with Crippen LogP contribution in [0.1, 0.15) is 0 Å². The van der Waals surface area contributed by atoms with Gasteiger partial charge in [-0.2, -0.15) is 0 Å². The third-order valence-corrected chi connectivity index (χ3v) is 8.84. The van der Waals surface area contributed by atoms with Gasteiger partial charge in [0.15, 0.2) is 0 Å². The summed E-state index contributed by atoms with van der Waals surface area (Å²) in [5.74, 6) is 0.948. The number of hydrogen-bond donors (Lipinski definition) is 0. The Balaban J connectivity index is 1.51. The van der Waals surface area contributed by atoms with E-state index in [0.717, 1.165) is 17.1 Å². The van der Waals surface area contributed by atoms with Crippen LogP contribution in [-0.4, -0.2) is 9.55 Å². The number of fused-ring (bicyclic) bond motifs is 1. The Morgan fingerprint density at radius 2 is 1.25 bits per heavy atom. The second kappa shape index (κ2) is 6.60. The maximum Gasteiger partial charge on any atom is 0.138 e. The minimum absolute atomic E-state index is 0.948. The zero-order valence-electron chi connectivity index (χ0n) is 19.2. The lowest BCUT2D eigenvalue weighted by molar-refractivity contribution is 1.08. The fraction of sp³-hybridized carbons (Fsp3) is 0. The van der Waals surface area contributed by atoms with Crippen LogP contribution in [-0.2, 0) is 0 Å². The summed E-state index contributed by atoms with van der Waals surface area (Å²) in [6.45, 7) is 0. The number of hydrogen-bond acceptors (Lipinski definition) is 2. The van der Waals surface area contributed by atoms with E-state index >= 15 is 0 Å². The third kappa shape index (κ3) is 2.24. The molecule has 0 saturated carbocycles. The van der Waals surface area contributed by atoms with Gasteiger partial charge in [-0.15, -0.1) is 11.3 Å². The van der Waals surface area contributed by atoms with Gasteiger partial charge in [0.1, 0.15) is 5.82 Å². The molecule has 3 heterocycles. The van der Waals surface area contributed by atoms with Gasteiger partial charge in [-0.1, -0.05) is 72.8 Å². The molecule has 0 atom stereocenters. The minimum Gasteiger partial charge on any atom is -0.294 e. The maximum absolute atomic E-state index is 5.17. The summed E-state index contributed by atoms with van der Waals surface area (Å²) in [4.78, 5) is 5.17. The van der Waals surface area contributed by atoms with Crippen LogP contribution >= 0.6 is 11.3 Å². The Hall–Kier alpha value is -4.47. The molecule has 9 rings (SSSR count). The molecule has 0 saturated heterocycles. The molecule has 1 aliphatic rings. The SMILES string of the molecule is c1ccc(-c2cccc(-n3c4cccc5c4c4c6c(ccc7sc8cccc-5c8c76)ccc43)n2)cc1. The molecule has 36 heavy (non-hydrogen) atoms. The number of rotatable bonds is 2. The molecule has 5 aromatic carbocycles. The molecule has 0 spiro atoms. The van der Waals surface area contributed by atoms with Crippen LogP contribution in [0.5, 0.6) is 0 Å². The molecule has 3 heteroatoms. The molecule has 0 unspecified atom stereocenters. The number of nitrogens with zero attached hydrogens (tertiary/aromatic N) is 2. The van der Waals surface area contributed by atoms with E-state index in [0.29, 0.717) is 0 Å². The molecule has 0 radical (unpaired) electrons. The quantitative estimate of drug-likeness (QED) is 0.244. The molecule has 2 nitrogen and oxygen atoms in total. The van der Waals surface area contributed by atoms with Gasteiger partial charge in [0, 0.05) is 41.9 Å². The van der Waals surface area contributed by atoms with Crippen LogP contribution in [0, 0.1) is 0 Å². The van der Waals surface area contributed by atoms with Crippen LogP contribution in [0.25, 0.3) is 81.0 Å². The van der Waals surface area contributed by atoms with E-state index in [9.17, 15) is 0 Å². The average Bonchev–Trinajstić information content (AvgIpc) is 3.45. The van der Waals surface area contributed by atoms with Crippen LogP contribution < -0.4 is 0 Å². The number of aromatic nitrogens is 2. The van der Waals surface area contributed by atoms with E-state index in [4.69, 9.17) is 4.98 Å². The summed E-state index contributed by atoms with van der Waals surface area (Å²) in [6.07, 6.45) is 0. The highest BCUT2D eigenvalue weighted by molar-refractivity contribution is 7.26. The van der Waals surface area contributed by atoms with E-state index in [1.807, 2.05) is 17.4 Å². The van der Waals surface area contributed by atoms with Crippen molar-refractivity contribution in [3.8, 4) is 28.2 Å². The fourth-order valence-electron chi connectivity index (χ4n) is 6.29. The molecular weight excluding hydrogens is 456 g/mol. The van der Waals surface area contributed by atoms with E-state index in [-0.39, 0.29) is 0 Å². The zero-order chi connectivity index (χ0) is 23.4. The van der Waals surface area contributed by atoms with Crippen molar-refractivity contribution in [3.63, 3.8) is 0 Å². The first-order valence-corrected chi connectivity index (χ1v) is 13.1. The van der Waals surface area contributed by atoms with E-state index in [2.05, 4.69) is 108 Å². The van der Waals surface area contributed by atoms with Crippen LogP contribution in [0.15, 0.2) is 109 Å². The lowest BCUT2D eigenvalue weighted by Crippen LogP contribution is -1.98. The topological polar surface area (TPSA) is 17.8 Å². The average molecular weight is 475 g/mol. The van der Waals surface area contributed by atoms with Gasteiger partial charge >= 0.3 is 0 Å². The molecule has 1 aliphatic carbocycles. The minimum atomic E-state index is 0.948. The Kier molecular flexibility index (Phi) is 3.45. The van der Waals surface area contributed by atoms with Crippen molar-refractivity contribution in [2.75, 3.05) is 0 Å². The van der Waals surface area contributed by atoms with Crippen molar-refractivity contribution in [2.45, 2.75) is 0 Å². The van der Waals surface area contributed by atoms with Gasteiger partial charge < -0.3 is 0 Å². The van der Waals surface area contributed by atoms with Crippen LogP contribution in [0.3, 0.4) is 0 Å². The Morgan fingerprint density at radius 3 is 2.17 bits per heavy atom. The standard InChI is InChI=1S/C33H18N2S/c1-2-7-19(8-3-1)23-11-6-14-28(34-23)35-24-12-4-9-21-22-10-5-13-26-31(22)33-27(36-26)18-16-20-15-17-25(35)32(29(20)33)30(21)24/h1-18H. The Morgan fingerprint density at radius 1 is 0.500 bits per heavy atom. The van der Waals surface area contributed by atoms with Crippen molar-refractivity contribution < 1.29 is 0 Å². The highest BCUT2D eigenvalue weighted by atomic mass is 32.1. The fourth-order valence-corrected chi connectivity index (χ4v) is 7.43. The molecule has 0 bridgehead atoms. The second-order valence-corrected chi connectivity index (χ2v) is 10.6. The van der Waals surface area contributed by atoms with Gasteiger partial charge in [-0.25, -0.2) is 4.98 Å². The Labute approximate surface area is 210 Å². The van der Waals surface area contributed by atoms with E-state index in [1.54, 1.807) is 0 Å². The van der Waals surface area contributed by atoms with E-state index < -0.39 is 0 Å². The largest absolute Gasteiger partial charge is 0.294 e. The normalized spacial score (nSPS) is 12.4. The van der Waals surface area contributed by atoms with Crippen molar-refractivity contribution in [3.05, 3.63) is 109 Å². The van der Waals surface area contributed by atoms with Gasteiger partial charge in [-0.05, 0) is 52.9 Å². The zero-order valence-corrected chi connectivity index (χ0v) is 20.0. The molecule has 166 valence electrons. The second-order valence-electron chi connectivity index (χ2n) is 9.56. The summed E-state index contributed by atoms with van der Waals surface area (Å²) in [6, 6.07) is 39.4. The van der Waals surface area contributed by atoms with Crippen molar-refractivity contribution >= 4 is 64.1 Å². The third-order valence-electron chi connectivity index (χ3n) is 7.72. The molecule has 0 fully saturated rings. The highest BCUT2D eigenvalue weighted by Crippen LogP contribution is 2.51. The predicted octanol–water partition coefficient (Wildman–Crippen LogP) is 9.35.